The van der Waals surface area contributed by atoms with Crippen molar-refractivity contribution in [3.63, 3.8) is 0 Å². The minimum absolute atomic E-state index is 0.331. The van der Waals surface area contributed by atoms with E-state index < -0.39 is 16.1 Å². The first-order chi connectivity index (χ1) is 14.3. The molecular weight excluding hydrogens is 402 g/mol. The van der Waals surface area contributed by atoms with E-state index in [1.54, 1.807) is 24.3 Å². The molecule has 7 nitrogen and oxygen atoms in total. The topological polar surface area (TPSA) is 79.0 Å². The van der Waals surface area contributed by atoms with Crippen molar-refractivity contribution in [3.05, 3.63) is 71.3 Å². The summed E-state index contributed by atoms with van der Waals surface area (Å²) in [5, 5.41) is 2.88. The zero-order chi connectivity index (χ0) is 21.6. The summed E-state index contributed by atoms with van der Waals surface area (Å²) in [5.74, 6) is -0.355. The minimum atomic E-state index is -3.54. The summed E-state index contributed by atoms with van der Waals surface area (Å²) in [6.07, 6.45) is 1.10. The maximum Gasteiger partial charge on any atom is 0.243 e. The number of likely N-dealkylation sites (N-methyl/N-ethyl adjacent to an activating group) is 1. The number of ether oxygens (including phenoxy) is 1. The second-order valence-electron chi connectivity index (χ2n) is 7.52. The highest BCUT2D eigenvalue weighted by Gasteiger charge is 2.30. The monoisotopic (exact) mass is 431 g/mol. The Morgan fingerprint density at radius 1 is 1.07 bits per heavy atom. The van der Waals surface area contributed by atoms with E-state index >= 15 is 0 Å². The summed E-state index contributed by atoms with van der Waals surface area (Å²) < 4.78 is 30.6. The Kier molecular flexibility index (Phi) is 7.60. The molecule has 0 radical (unpaired) electrons. The minimum Gasteiger partial charge on any atom is -0.379 e. The zero-order valence-electron chi connectivity index (χ0n) is 17.5. The lowest BCUT2D eigenvalue weighted by molar-refractivity contribution is -0.124. The predicted octanol–water partition coefficient (Wildman–Crippen LogP) is 1.77. The van der Waals surface area contributed by atoms with Crippen LogP contribution in [0.25, 0.3) is 0 Å². The fourth-order valence-corrected chi connectivity index (χ4v) is 4.02. The van der Waals surface area contributed by atoms with Crippen LogP contribution in [0.15, 0.2) is 54.6 Å². The van der Waals surface area contributed by atoms with E-state index in [-0.39, 0.29) is 5.91 Å². The molecule has 0 unspecified atom stereocenters. The Morgan fingerprint density at radius 2 is 1.67 bits per heavy atom. The smallest absolute Gasteiger partial charge is 0.243 e. The standard InChI is InChI=1S/C22H29N3O4S/c1-24(30(2,27)28)21(20-6-4-3-5-7-20)22(26)23-16-18-8-10-19(11-9-18)17-25-12-14-29-15-13-25/h3-11,21H,12-17H2,1-2H3,(H,23,26)/t21-/m1/s1. The Bertz CT molecular complexity index is 927. The third-order valence-electron chi connectivity index (χ3n) is 5.25. The van der Waals surface area contributed by atoms with Crippen molar-refractivity contribution in [2.75, 3.05) is 39.6 Å². The van der Waals surface area contributed by atoms with Crippen molar-refractivity contribution in [1.82, 2.24) is 14.5 Å². The van der Waals surface area contributed by atoms with Crippen LogP contribution in [0, 0.1) is 0 Å². The summed E-state index contributed by atoms with van der Waals surface area (Å²) in [7, 11) is -2.12. The van der Waals surface area contributed by atoms with Crippen molar-refractivity contribution in [3.8, 4) is 0 Å². The van der Waals surface area contributed by atoms with Crippen molar-refractivity contribution in [2.24, 2.45) is 0 Å². The average Bonchev–Trinajstić information content (AvgIpc) is 2.74. The second kappa shape index (κ2) is 10.2. The molecule has 1 saturated heterocycles. The highest BCUT2D eigenvalue weighted by Crippen LogP contribution is 2.22. The fraction of sp³-hybridized carbons (Fsp3) is 0.409. The maximum atomic E-state index is 12.9. The molecule has 1 aliphatic heterocycles. The molecule has 0 aromatic heterocycles. The van der Waals surface area contributed by atoms with Crippen LogP contribution in [0.3, 0.4) is 0 Å². The van der Waals surface area contributed by atoms with Gasteiger partial charge in [-0.15, -0.1) is 0 Å². The lowest BCUT2D eigenvalue weighted by atomic mass is 10.1. The van der Waals surface area contributed by atoms with Crippen LogP contribution in [-0.4, -0.2) is 63.1 Å². The Balaban J connectivity index is 1.63. The first kappa shape index (κ1) is 22.4. The SMILES string of the molecule is CN([C@@H](C(=O)NCc1ccc(CN2CCOCC2)cc1)c1ccccc1)S(C)(=O)=O. The number of amides is 1. The summed E-state index contributed by atoms with van der Waals surface area (Å²) in [6, 6.07) is 16.1. The molecule has 30 heavy (non-hydrogen) atoms. The second-order valence-corrected chi connectivity index (χ2v) is 9.56. The van der Waals surface area contributed by atoms with Gasteiger partial charge in [0.25, 0.3) is 0 Å². The van der Waals surface area contributed by atoms with Gasteiger partial charge in [0.05, 0.1) is 19.5 Å². The summed E-state index contributed by atoms with van der Waals surface area (Å²) in [5.41, 5.74) is 2.80. The maximum absolute atomic E-state index is 12.9. The Hall–Kier alpha value is -2.26. The summed E-state index contributed by atoms with van der Waals surface area (Å²) in [6.45, 7) is 4.63. The molecule has 0 spiro atoms. The summed E-state index contributed by atoms with van der Waals surface area (Å²) in [4.78, 5) is 15.3. The van der Waals surface area contributed by atoms with E-state index in [4.69, 9.17) is 4.74 Å². The Morgan fingerprint density at radius 3 is 2.27 bits per heavy atom. The van der Waals surface area contributed by atoms with E-state index in [1.807, 2.05) is 18.2 Å². The number of morpholine rings is 1. The summed E-state index contributed by atoms with van der Waals surface area (Å²) >= 11 is 0. The number of hydrogen-bond donors (Lipinski definition) is 1. The number of benzene rings is 2. The lowest BCUT2D eigenvalue weighted by Crippen LogP contribution is -2.41. The van der Waals surface area contributed by atoms with Crippen molar-refractivity contribution >= 4 is 15.9 Å². The van der Waals surface area contributed by atoms with Gasteiger partial charge >= 0.3 is 0 Å². The van der Waals surface area contributed by atoms with Gasteiger partial charge in [0.15, 0.2) is 0 Å². The van der Waals surface area contributed by atoms with Gasteiger partial charge in [-0.05, 0) is 16.7 Å². The molecule has 1 atom stereocenters. The Labute approximate surface area is 178 Å². The van der Waals surface area contributed by atoms with Crippen LogP contribution < -0.4 is 5.32 Å². The van der Waals surface area contributed by atoms with E-state index in [0.717, 1.165) is 49.0 Å². The number of nitrogens with one attached hydrogen (secondary N) is 1. The number of carbonyl (C=O) groups excluding carboxylic acids is 1. The molecule has 1 N–H and O–H groups in total. The molecule has 1 fully saturated rings. The predicted molar refractivity (Wildman–Crippen MR) is 116 cm³/mol. The van der Waals surface area contributed by atoms with Crippen LogP contribution >= 0.6 is 0 Å². The van der Waals surface area contributed by atoms with Gasteiger partial charge in [0.2, 0.25) is 15.9 Å². The highest BCUT2D eigenvalue weighted by atomic mass is 32.2. The highest BCUT2D eigenvalue weighted by molar-refractivity contribution is 7.88. The molecule has 0 bridgehead atoms. The fourth-order valence-electron chi connectivity index (χ4n) is 3.42. The molecule has 2 aromatic rings. The van der Waals surface area contributed by atoms with E-state index in [2.05, 4.69) is 22.3 Å². The van der Waals surface area contributed by atoms with Crippen molar-refractivity contribution in [2.45, 2.75) is 19.1 Å². The molecule has 8 heteroatoms. The third-order valence-corrected chi connectivity index (χ3v) is 6.51. The first-order valence-corrected chi connectivity index (χ1v) is 11.8. The molecular formula is C22H29N3O4S. The number of carbonyl (C=O) groups is 1. The van der Waals surface area contributed by atoms with E-state index in [1.165, 1.54) is 12.6 Å². The van der Waals surface area contributed by atoms with Crippen LogP contribution in [0.2, 0.25) is 0 Å². The van der Waals surface area contributed by atoms with Crippen molar-refractivity contribution < 1.29 is 17.9 Å². The lowest BCUT2D eigenvalue weighted by Gasteiger charge is -2.26. The van der Waals surface area contributed by atoms with Gasteiger partial charge in [-0.2, -0.15) is 4.31 Å². The molecule has 1 aliphatic rings. The van der Waals surface area contributed by atoms with Crippen LogP contribution in [-0.2, 0) is 32.6 Å². The number of nitrogens with zero attached hydrogens (tertiary/aromatic N) is 2. The molecule has 1 amide bonds. The quantitative estimate of drug-likeness (QED) is 0.689. The number of sulfonamides is 1. The van der Waals surface area contributed by atoms with Gasteiger partial charge < -0.3 is 10.1 Å². The van der Waals surface area contributed by atoms with E-state index in [9.17, 15) is 13.2 Å². The van der Waals surface area contributed by atoms with Gasteiger partial charge in [0.1, 0.15) is 6.04 Å². The van der Waals surface area contributed by atoms with Crippen molar-refractivity contribution in [1.29, 1.82) is 0 Å². The van der Waals surface area contributed by atoms with Crippen LogP contribution in [0.4, 0.5) is 0 Å². The molecule has 3 rings (SSSR count). The molecule has 162 valence electrons. The first-order valence-electron chi connectivity index (χ1n) is 9.98. The molecule has 1 heterocycles. The van der Waals surface area contributed by atoms with E-state index in [0.29, 0.717) is 12.1 Å². The van der Waals surface area contributed by atoms with Gasteiger partial charge in [-0.1, -0.05) is 54.6 Å². The third kappa shape index (κ3) is 6.12. The number of rotatable bonds is 8. The normalized spacial score (nSPS) is 16.4. The molecule has 0 saturated carbocycles. The number of hydrogen-bond acceptors (Lipinski definition) is 5. The van der Waals surface area contributed by atoms with Gasteiger partial charge in [0, 0.05) is 33.2 Å². The van der Waals surface area contributed by atoms with Crippen LogP contribution in [0.5, 0.6) is 0 Å². The van der Waals surface area contributed by atoms with Gasteiger partial charge in [-0.25, -0.2) is 8.42 Å². The van der Waals surface area contributed by atoms with Crippen LogP contribution in [0.1, 0.15) is 22.7 Å². The van der Waals surface area contributed by atoms with Gasteiger partial charge in [-0.3, -0.25) is 9.69 Å². The largest absolute Gasteiger partial charge is 0.379 e. The zero-order valence-corrected chi connectivity index (χ0v) is 18.3. The average molecular weight is 432 g/mol. The molecule has 0 aliphatic carbocycles. The molecule has 2 aromatic carbocycles.